The van der Waals surface area contributed by atoms with Crippen LogP contribution in [-0.2, 0) is 19.1 Å². The first kappa shape index (κ1) is 17.8. The van der Waals surface area contributed by atoms with Crippen molar-refractivity contribution in [2.24, 2.45) is 0 Å². The van der Waals surface area contributed by atoms with E-state index < -0.39 is 11.9 Å². The normalized spacial score (nSPS) is 9.91. The van der Waals surface area contributed by atoms with Crippen molar-refractivity contribution in [3.63, 3.8) is 0 Å². The summed E-state index contributed by atoms with van der Waals surface area (Å²) in [6.07, 6.45) is 1.51. The second kappa shape index (κ2) is 10.5. The Labute approximate surface area is 130 Å². The highest BCUT2D eigenvalue weighted by Gasteiger charge is 2.10. The molecule has 1 aromatic carbocycles. The van der Waals surface area contributed by atoms with Crippen LogP contribution in [0.3, 0.4) is 0 Å². The van der Waals surface area contributed by atoms with Crippen molar-refractivity contribution in [1.29, 1.82) is 0 Å². The van der Waals surface area contributed by atoms with Crippen molar-refractivity contribution in [3.05, 3.63) is 24.3 Å². The van der Waals surface area contributed by atoms with Crippen LogP contribution in [0.2, 0.25) is 0 Å². The average Bonchev–Trinajstić information content (AvgIpc) is 2.54. The summed E-state index contributed by atoms with van der Waals surface area (Å²) in [5, 5.41) is 0. The Kier molecular flexibility index (Phi) is 8.49. The number of rotatable bonds is 10. The summed E-state index contributed by atoms with van der Waals surface area (Å²) < 4.78 is 20.5. The van der Waals surface area contributed by atoms with Crippen molar-refractivity contribution < 1.29 is 28.5 Å². The molecule has 0 spiro atoms. The van der Waals surface area contributed by atoms with E-state index >= 15 is 0 Å². The molecule has 0 aliphatic rings. The molecule has 0 atom stereocenters. The predicted octanol–water partition coefficient (Wildman–Crippen LogP) is 2.35. The molecular weight excluding hydrogens is 288 g/mol. The Hall–Kier alpha value is -2.24. The topological polar surface area (TPSA) is 71.1 Å². The fraction of sp³-hybridized carbons (Fsp3) is 0.500. The number of para-hydroxylation sites is 2. The summed E-state index contributed by atoms with van der Waals surface area (Å²) in [7, 11) is 0. The summed E-state index contributed by atoms with van der Waals surface area (Å²) >= 11 is 0. The molecule has 22 heavy (non-hydrogen) atoms. The molecule has 0 aromatic heterocycles. The lowest BCUT2D eigenvalue weighted by Crippen LogP contribution is -2.17. The molecule has 0 heterocycles. The Morgan fingerprint density at radius 3 is 1.59 bits per heavy atom. The van der Waals surface area contributed by atoms with Crippen molar-refractivity contribution in [1.82, 2.24) is 0 Å². The van der Waals surface area contributed by atoms with Crippen molar-refractivity contribution in [3.8, 4) is 11.5 Å². The standard InChI is InChI=1S/C16H22O6/c1-3-9-19-15(17)11-21-13-7-5-6-8-14(13)22-12-16(18)20-10-4-2/h5-8H,3-4,9-12H2,1-2H3. The zero-order valence-electron chi connectivity index (χ0n) is 13.0. The van der Waals surface area contributed by atoms with Gasteiger partial charge in [-0.1, -0.05) is 26.0 Å². The van der Waals surface area contributed by atoms with Gasteiger partial charge < -0.3 is 18.9 Å². The largest absolute Gasteiger partial charge is 0.478 e. The Morgan fingerprint density at radius 1 is 0.818 bits per heavy atom. The number of hydrogen-bond donors (Lipinski definition) is 0. The van der Waals surface area contributed by atoms with E-state index in [2.05, 4.69) is 0 Å². The quantitative estimate of drug-likeness (QED) is 0.618. The molecule has 6 nitrogen and oxygen atoms in total. The van der Waals surface area contributed by atoms with Crippen LogP contribution in [0.25, 0.3) is 0 Å². The molecule has 0 saturated heterocycles. The number of esters is 2. The fourth-order valence-electron chi connectivity index (χ4n) is 1.48. The second-order valence-corrected chi connectivity index (χ2v) is 4.47. The van der Waals surface area contributed by atoms with Gasteiger partial charge in [-0.25, -0.2) is 9.59 Å². The predicted molar refractivity (Wildman–Crippen MR) is 79.9 cm³/mol. The van der Waals surface area contributed by atoms with Crippen LogP contribution in [0.5, 0.6) is 11.5 Å². The number of benzene rings is 1. The number of carbonyl (C=O) groups is 2. The van der Waals surface area contributed by atoms with E-state index in [4.69, 9.17) is 18.9 Å². The minimum atomic E-state index is -0.445. The van der Waals surface area contributed by atoms with E-state index in [1.54, 1.807) is 24.3 Å². The highest BCUT2D eigenvalue weighted by atomic mass is 16.6. The molecule has 0 saturated carbocycles. The molecule has 0 radical (unpaired) electrons. The molecule has 0 N–H and O–H groups in total. The van der Waals surface area contributed by atoms with Gasteiger partial charge in [-0.05, 0) is 25.0 Å². The molecule has 0 unspecified atom stereocenters. The molecular formula is C16H22O6. The van der Waals surface area contributed by atoms with Crippen molar-refractivity contribution in [2.75, 3.05) is 26.4 Å². The fourth-order valence-corrected chi connectivity index (χ4v) is 1.48. The molecule has 0 fully saturated rings. The Bertz CT molecular complexity index is 428. The zero-order chi connectivity index (χ0) is 16.2. The lowest BCUT2D eigenvalue weighted by Gasteiger charge is -2.12. The Morgan fingerprint density at radius 2 is 1.23 bits per heavy atom. The minimum absolute atomic E-state index is 0.208. The SMILES string of the molecule is CCCOC(=O)COc1ccccc1OCC(=O)OCCC. The monoisotopic (exact) mass is 310 g/mol. The van der Waals surface area contributed by atoms with Gasteiger partial charge in [0.1, 0.15) is 0 Å². The maximum Gasteiger partial charge on any atom is 0.344 e. The van der Waals surface area contributed by atoms with Crippen LogP contribution in [0.15, 0.2) is 24.3 Å². The van der Waals surface area contributed by atoms with Gasteiger partial charge in [-0.15, -0.1) is 0 Å². The summed E-state index contributed by atoms with van der Waals surface area (Å²) in [6.45, 7) is 4.14. The first-order chi connectivity index (χ1) is 10.7. The van der Waals surface area contributed by atoms with E-state index in [1.807, 2.05) is 13.8 Å². The van der Waals surface area contributed by atoms with Crippen LogP contribution in [0.4, 0.5) is 0 Å². The van der Waals surface area contributed by atoms with Gasteiger partial charge in [0.25, 0.3) is 0 Å². The van der Waals surface area contributed by atoms with E-state index in [9.17, 15) is 9.59 Å². The maximum atomic E-state index is 11.4. The first-order valence-corrected chi connectivity index (χ1v) is 7.33. The third-order valence-electron chi connectivity index (χ3n) is 2.47. The lowest BCUT2D eigenvalue weighted by atomic mass is 10.3. The molecule has 0 bridgehead atoms. The molecule has 0 aliphatic heterocycles. The summed E-state index contributed by atoms with van der Waals surface area (Å²) in [5.74, 6) is -0.142. The van der Waals surface area contributed by atoms with Crippen LogP contribution >= 0.6 is 0 Å². The van der Waals surface area contributed by atoms with Crippen LogP contribution < -0.4 is 9.47 Å². The summed E-state index contributed by atoms with van der Waals surface area (Å²) in [6, 6.07) is 6.80. The molecule has 0 amide bonds. The third kappa shape index (κ3) is 6.97. The van der Waals surface area contributed by atoms with Gasteiger partial charge in [0, 0.05) is 0 Å². The number of ether oxygens (including phenoxy) is 4. The maximum absolute atomic E-state index is 11.4. The summed E-state index contributed by atoms with van der Waals surface area (Å²) in [4.78, 5) is 22.8. The first-order valence-electron chi connectivity index (χ1n) is 7.33. The van der Waals surface area contributed by atoms with E-state index in [0.29, 0.717) is 24.7 Å². The molecule has 122 valence electrons. The number of hydrogen-bond acceptors (Lipinski definition) is 6. The molecule has 1 rings (SSSR count). The van der Waals surface area contributed by atoms with Gasteiger partial charge in [-0.2, -0.15) is 0 Å². The van der Waals surface area contributed by atoms with E-state index in [1.165, 1.54) is 0 Å². The second-order valence-electron chi connectivity index (χ2n) is 4.47. The third-order valence-corrected chi connectivity index (χ3v) is 2.47. The van der Waals surface area contributed by atoms with Crippen molar-refractivity contribution in [2.45, 2.75) is 26.7 Å². The van der Waals surface area contributed by atoms with Crippen LogP contribution in [0, 0.1) is 0 Å². The highest BCUT2D eigenvalue weighted by molar-refractivity contribution is 5.72. The lowest BCUT2D eigenvalue weighted by molar-refractivity contribution is -0.147. The van der Waals surface area contributed by atoms with Gasteiger partial charge >= 0.3 is 11.9 Å². The van der Waals surface area contributed by atoms with Gasteiger partial charge in [0.2, 0.25) is 0 Å². The summed E-state index contributed by atoms with van der Waals surface area (Å²) in [5.41, 5.74) is 0. The molecule has 6 heteroatoms. The van der Waals surface area contributed by atoms with Crippen molar-refractivity contribution >= 4 is 11.9 Å². The van der Waals surface area contributed by atoms with Gasteiger partial charge in [0.15, 0.2) is 24.7 Å². The van der Waals surface area contributed by atoms with E-state index in [-0.39, 0.29) is 13.2 Å². The Balaban J connectivity index is 2.47. The highest BCUT2D eigenvalue weighted by Crippen LogP contribution is 2.26. The van der Waals surface area contributed by atoms with Crippen LogP contribution in [-0.4, -0.2) is 38.4 Å². The van der Waals surface area contributed by atoms with Gasteiger partial charge in [0.05, 0.1) is 13.2 Å². The number of carbonyl (C=O) groups excluding carboxylic acids is 2. The van der Waals surface area contributed by atoms with Crippen LogP contribution in [0.1, 0.15) is 26.7 Å². The molecule has 1 aromatic rings. The molecule has 0 aliphatic carbocycles. The minimum Gasteiger partial charge on any atom is -0.478 e. The smallest absolute Gasteiger partial charge is 0.344 e. The van der Waals surface area contributed by atoms with Gasteiger partial charge in [-0.3, -0.25) is 0 Å². The zero-order valence-corrected chi connectivity index (χ0v) is 13.0. The van der Waals surface area contributed by atoms with E-state index in [0.717, 1.165) is 12.8 Å². The average molecular weight is 310 g/mol.